The van der Waals surface area contributed by atoms with Crippen molar-refractivity contribution in [2.24, 2.45) is 5.73 Å². The first-order valence-corrected chi connectivity index (χ1v) is 4.74. The van der Waals surface area contributed by atoms with E-state index in [1.54, 1.807) is 11.3 Å². The molecule has 0 saturated heterocycles. The maximum atomic E-state index is 5.82. The normalized spacial score (nSPS) is 10.8. The van der Waals surface area contributed by atoms with Crippen molar-refractivity contribution in [3.63, 3.8) is 0 Å². The van der Waals surface area contributed by atoms with E-state index in [1.807, 2.05) is 18.2 Å². The minimum absolute atomic E-state index is 0.497. The van der Waals surface area contributed by atoms with Crippen LogP contribution in [0.3, 0.4) is 0 Å². The molecule has 0 atom stereocenters. The second-order valence-electron chi connectivity index (χ2n) is 2.42. The number of aromatic nitrogens is 1. The standard InChI is InChI=1S/C8H7ClN2S/c9-5-1-2-6-7(3-5)12-8(4-10)11-6/h1-3H,4,10H2. The van der Waals surface area contributed by atoms with E-state index in [1.165, 1.54) is 0 Å². The first-order chi connectivity index (χ1) is 5.79. The molecule has 1 aromatic carbocycles. The molecule has 2 nitrogen and oxygen atoms in total. The number of thiazole rings is 1. The summed E-state index contributed by atoms with van der Waals surface area (Å²) in [5.74, 6) is 0. The molecule has 62 valence electrons. The lowest BCUT2D eigenvalue weighted by molar-refractivity contribution is 1.05. The van der Waals surface area contributed by atoms with Crippen LogP contribution in [0.2, 0.25) is 5.02 Å². The second-order valence-corrected chi connectivity index (χ2v) is 3.98. The summed E-state index contributed by atoms with van der Waals surface area (Å²) < 4.78 is 1.10. The number of hydrogen-bond acceptors (Lipinski definition) is 3. The first-order valence-electron chi connectivity index (χ1n) is 3.54. The molecule has 0 aliphatic carbocycles. The fourth-order valence-electron chi connectivity index (χ4n) is 1.03. The number of halogens is 1. The Morgan fingerprint density at radius 3 is 3.08 bits per heavy atom. The lowest BCUT2D eigenvalue weighted by Crippen LogP contribution is -1.93. The van der Waals surface area contributed by atoms with Gasteiger partial charge in [0.05, 0.1) is 10.2 Å². The third-order valence-corrected chi connectivity index (χ3v) is 2.84. The van der Waals surface area contributed by atoms with Crippen molar-refractivity contribution in [3.05, 3.63) is 28.2 Å². The smallest absolute Gasteiger partial charge is 0.107 e. The Morgan fingerprint density at radius 1 is 1.50 bits per heavy atom. The lowest BCUT2D eigenvalue weighted by Gasteiger charge is -1.86. The van der Waals surface area contributed by atoms with Gasteiger partial charge in [-0.3, -0.25) is 0 Å². The first kappa shape index (κ1) is 7.98. The predicted molar refractivity (Wildman–Crippen MR) is 52.5 cm³/mol. The molecule has 2 rings (SSSR count). The molecule has 0 bridgehead atoms. The molecule has 0 saturated carbocycles. The van der Waals surface area contributed by atoms with Crippen molar-refractivity contribution in [2.45, 2.75) is 6.54 Å². The van der Waals surface area contributed by atoms with Crippen LogP contribution in [-0.2, 0) is 6.54 Å². The maximum absolute atomic E-state index is 5.82. The molecule has 2 N–H and O–H groups in total. The van der Waals surface area contributed by atoms with Gasteiger partial charge in [0.25, 0.3) is 0 Å². The van der Waals surface area contributed by atoms with Gasteiger partial charge in [-0.05, 0) is 18.2 Å². The van der Waals surface area contributed by atoms with E-state index in [9.17, 15) is 0 Å². The molecular formula is C8H7ClN2S. The monoisotopic (exact) mass is 198 g/mol. The van der Waals surface area contributed by atoms with Gasteiger partial charge in [0.1, 0.15) is 5.01 Å². The van der Waals surface area contributed by atoms with Crippen molar-refractivity contribution < 1.29 is 0 Å². The van der Waals surface area contributed by atoms with Gasteiger partial charge in [-0.15, -0.1) is 11.3 Å². The predicted octanol–water partition coefficient (Wildman–Crippen LogP) is 2.41. The zero-order valence-electron chi connectivity index (χ0n) is 6.25. The summed E-state index contributed by atoms with van der Waals surface area (Å²) in [6.07, 6.45) is 0. The minimum Gasteiger partial charge on any atom is -0.325 e. The maximum Gasteiger partial charge on any atom is 0.107 e. The molecule has 0 radical (unpaired) electrons. The van der Waals surface area contributed by atoms with Gasteiger partial charge in [0.2, 0.25) is 0 Å². The van der Waals surface area contributed by atoms with E-state index >= 15 is 0 Å². The van der Waals surface area contributed by atoms with Crippen LogP contribution < -0.4 is 5.73 Å². The molecule has 2 aromatic rings. The van der Waals surface area contributed by atoms with E-state index in [2.05, 4.69) is 4.98 Å². The van der Waals surface area contributed by atoms with E-state index < -0.39 is 0 Å². The van der Waals surface area contributed by atoms with Crippen LogP contribution in [0.5, 0.6) is 0 Å². The van der Waals surface area contributed by atoms with Crippen LogP contribution in [0.4, 0.5) is 0 Å². The molecule has 0 amide bonds. The minimum atomic E-state index is 0.497. The largest absolute Gasteiger partial charge is 0.325 e. The Balaban J connectivity index is 2.67. The summed E-state index contributed by atoms with van der Waals surface area (Å²) in [4.78, 5) is 4.31. The molecule has 0 aliphatic rings. The van der Waals surface area contributed by atoms with E-state index in [4.69, 9.17) is 17.3 Å². The average Bonchev–Trinajstić information content (AvgIpc) is 2.46. The SMILES string of the molecule is NCc1nc2ccc(Cl)cc2s1. The Kier molecular flexibility index (Phi) is 2.00. The third kappa shape index (κ3) is 1.31. The van der Waals surface area contributed by atoms with E-state index in [0.717, 1.165) is 20.2 Å². The zero-order chi connectivity index (χ0) is 8.55. The highest BCUT2D eigenvalue weighted by atomic mass is 35.5. The lowest BCUT2D eigenvalue weighted by atomic mass is 10.3. The summed E-state index contributed by atoms with van der Waals surface area (Å²) >= 11 is 7.41. The van der Waals surface area contributed by atoms with Gasteiger partial charge in [-0.25, -0.2) is 4.98 Å². The molecule has 0 unspecified atom stereocenters. The highest BCUT2D eigenvalue weighted by Gasteiger charge is 2.01. The summed E-state index contributed by atoms with van der Waals surface area (Å²) in [5.41, 5.74) is 6.44. The molecule has 1 heterocycles. The second kappa shape index (κ2) is 3.01. The van der Waals surface area contributed by atoms with Crippen LogP contribution in [0.15, 0.2) is 18.2 Å². The molecule has 0 fully saturated rings. The number of nitrogens with two attached hydrogens (primary N) is 1. The molecule has 0 spiro atoms. The highest BCUT2D eigenvalue weighted by molar-refractivity contribution is 7.18. The number of nitrogens with zero attached hydrogens (tertiary/aromatic N) is 1. The van der Waals surface area contributed by atoms with E-state index in [0.29, 0.717) is 6.54 Å². The topological polar surface area (TPSA) is 38.9 Å². The van der Waals surface area contributed by atoms with Crippen molar-refractivity contribution in [1.29, 1.82) is 0 Å². The van der Waals surface area contributed by atoms with Crippen LogP contribution >= 0.6 is 22.9 Å². The van der Waals surface area contributed by atoms with Crippen LogP contribution in [0.25, 0.3) is 10.2 Å². The quantitative estimate of drug-likeness (QED) is 0.765. The fourth-order valence-corrected chi connectivity index (χ4v) is 2.16. The summed E-state index contributed by atoms with van der Waals surface area (Å²) in [7, 11) is 0. The van der Waals surface area contributed by atoms with Gasteiger partial charge in [-0.2, -0.15) is 0 Å². The number of rotatable bonds is 1. The Labute approximate surface area is 79.0 Å². The molecule has 0 aliphatic heterocycles. The zero-order valence-corrected chi connectivity index (χ0v) is 7.82. The average molecular weight is 199 g/mol. The third-order valence-electron chi connectivity index (χ3n) is 1.57. The number of benzene rings is 1. The highest BCUT2D eigenvalue weighted by Crippen LogP contribution is 2.24. The van der Waals surface area contributed by atoms with Crippen molar-refractivity contribution in [2.75, 3.05) is 0 Å². The van der Waals surface area contributed by atoms with Crippen LogP contribution in [0, 0.1) is 0 Å². The molecule has 1 aromatic heterocycles. The summed E-state index contributed by atoms with van der Waals surface area (Å²) in [6, 6.07) is 5.66. The molecule has 12 heavy (non-hydrogen) atoms. The van der Waals surface area contributed by atoms with E-state index in [-0.39, 0.29) is 0 Å². The summed E-state index contributed by atoms with van der Waals surface area (Å²) in [5, 5.41) is 1.70. The fraction of sp³-hybridized carbons (Fsp3) is 0.125. The van der Waals surface area contributed by atoms with Gasteiger partial charge < -0.3 is 5.73 Å². The van der Waals surface area contributed by atoms with Gasteiger partial charge in [0.15, 0.2) is 0 Å². The van der Waals surface area contributed by atoms with Crippen LogP contribution in [-0.4, -0.2) is 4.98 Å². The molecule has 4 heteroatoms. The van der Waals surface area contributed by atoms with Gasteiger partial charge in [-0.1, -0.05) is 11.6 Å². The Morgan fingerprint density at radius 2 is 2.33 bits per heavy atom. The van der Waals surface area contributed by atoms with Crippen molar-refractivity contribution >= 4 is 33.2 Å². The number of fused-ring (bicyclic) bond motifs is 1. The Bertz CT molecular complexity index is 410. The van der Waals surface area contributed by atoms with Crippen molar-refractivity contribution in [3.8, 4) is 0 Å². The summed E-state index contributed by atoms with van der Waals surface area (Å²) in [6.45, 7) is 0.497. The van der Waals surface area contributed by atoms with Gasteiger partial charge in [0, 0.05) is 11.6 Å². The van der Waals surface area contributed by atoms with Crippen LogP contribution in [0.1, 0.15) is 5.01 Å². The molecular weight excluding hydrogens is 192 g/mol. The van der Waals surface area contributed by atoms with Gasteiger partial charge >= 0.3 is 0 Å². The Hall–Kier alpha value is -0.640. The van der Waals surface area contributed by atoms with Crippen molar-refractivity contribution in [1.82, 2.24) is 4.98 Å². The number of hydrogen-bond donors (Lipinski definition) is 1.